The van der Waals surface area contributed by atoms with Crippen LogP contribution in [0.2, 0.25) is 0 Å². The van der Waals surface area contributed by atoms with Gasteiger partial charge in [0.2, 0.25) is 5.91 Å². The van der Waals surface area contributed by atoms with Crippen molar-refractivity contribution < 1.29 is 24.2 Å². The van der Waals surface area contributed by atoms with Crippen LogP contribution in [0.4, 0.5) is 4.79 Å². The van der Waals surface area contributed by atoms with Gasteiger partial charge in [-0.2, -0.15) is 0 Å². The van der Waals surface area contributed by atoms with Gasteiger partial charge >= 0.3 is 12.1 Å². The summed E-state index contributed by atoms with van der Waals surface area (Å²) < 4.78 is 5.56. The zero-order chi connectivity index (χ0) is 25.0. The fourth-order valence-corrected chi connectivity index (χ4v) is 5.26. The predicted molar refractivity (Wildman–Crippen MR) is 133 cm³/mol. The average molecular weight is 479 g/mol. The summed E-state index contributed by atoms with van der Waals surface area (Å²) in [5, 5.41) is 15.3. The van der Waals surface area contributed by atoms with Crippen molar-refractivity contribution in [3.63, 3.8) is 0 Å². The van der Waals surface area contributed by atoms with Crippen molar-refractivity contribution >= 4 is 18.0 Å². The molecule has 0 aromatic heterocycles. The van der Waals surface area contributed by atoms with Gasteiger partial charge in [-0.3, -0.25) is 4.79 Å². The lowest BCUT2D eigenvalue weighted by Crippen LogP contribution is -2.58. The topological polar surface area (TPSA) is 105 Å². The molecule has 1 unspecified atom stereocenters. The van der Waals surface area contributed by atoms with Gasteiger partial charge in [0, 0.05) is 12.5 Å². The Kier molecular flexibility index (Phi) is 7.43. The first-order valence-electron chi connectivity index (χ1n) is 12.5. The highest BCUT2D eigenvalue weighted by Crippen LogP contribution is 2.44. The molecule has 1 atom stereocenters. The van der Waals surface area contributed by atoms with E-state index >= 15 is 0 Å². The molecular formula is C28H34N2O5. The van der Waals surface area contributed by atoms with Gasteiger partial charge in [-0.25, -0.2) is 9.59 Å². The van der Waals surface area contributed by atoms with E-state index in [-0.39, 0.29) is 25.0 Å². The number of ether oxygens (including phenoxy) is 1. The smallest absolute Gasteiger partial charge is 0.407 e. The van der Waals surface area contributed by atoms with Crippen molar-refractivity contribution in [3.8, 4) is 11.1 Å². The first kappa shape index (κ1) is 24.8. The van der Waals surface area contributed by atoms with Crippen LogP contribution in [0, 0.1) is 11.8 Å². The van der Waals surface area contributed by atoms with Crippen LogP contribution in [0.1, 0.15) is 63.0 Å². The molecule has 1 fully saturated rings. The number of aliphatic carboxylic acids is 1. The maximum atomic E-state index is 12.9. The van der Waals surface area contributed by atoms with E-state index in [1.165, 1.54) is 0 Å². The molecule has 0 radical (unpaired) electrons. The van der Waals surface area contributed by atoms with Gasteiger partial charge in [-0.05, 0) is 60.3 Å². The van der Waals surface area contributed by atoms with Gasteiger partial charge in [-0.15, -0.1) is 0 Å². The average Bonchev–Trinajstić information content (AvgIpc) is 3.18. The largest absolute Gasteiger partial charge is 0.480 e. The van der Waals surface area contributed by atoms with Crippen molar-refractivity contribution in [3.05, 3.63) is 59.7 Å². The maximum Gasteiger partial charge on any atom is 0.407 e. The molecule has 7 nitrogen and oxygen atoms in total. The first-order valence-corrected chi connectivity index (χ1v) is 12.5. The third-order valence-corrected chi connectivity index (χ3v) is 7.60. The van der Waals surface area contributed by atoms with E-state index in [4.69, 9.17) is 4.74 Å². The third kappa shape index (κ3) is 5.19. The van der Waals surface area contributed by atoms with E-state index in [1.807, 2.05) is 31.2 Å². The van der Waals surface area contributed by atoms with Crippen LogP contribution in [-0.4, -0.2) is 41.8 Å². The van der Waals surface area contributed by atoms with E-state index in [1.54, 1.807) is 0 Å². The molecule has 186 valence electrons. The van der Waals surface area contributed by atoms with Gasteiger partial charge in [0.05, 0.1) is 5.92 Å². The van der Waals surface area contributed by atoms with Crippen molar-refractivity contribution in [2.75, 3.05) is 13.2 Å². The van der Waals surface area contributed by atoms with Crippen LogP contribution < -0.4 is 10.6 Å². The number of fused-ring (bicyclic) bond motifs is 3. The monoisotopic (exact) mass is 478 g/mol. The molecule has 7 heteroatoms. The summed E-state index contributed by atoms with van der Waals surface area (Å²) in [5.41, 5.74) is 3.36. The molecular weight excluding hydrogens is 444 g/mol. The lowest BCUT2D eigenvalue weighted by molar-refractivity contribution is -0.150. The Morgan fingerprint density at radius 3 is 2.14 bits per heavy atom. The number of amides is 2. The number of carbonyl (C=O) groups excluding carboxylic acids is 2. The number of hydrogen-bond donors (Lipinski definition) is 3. The summed E-state index contributed by atoms with van der Waals surface area (Å²) in [7, 11) is 0. The Morgan fingerprint density at radius 2 is 1.60 bits per heavy atom. The Labute approximate surface area is 206 Å². The molecule has 1 saturated carbocycles. The van der Waals surface area contributed by atoms with Gasteiger partial charge < -0.3 is 20.5 Å². The fourth-order valence-electron chi connectivity index (χ4n) is 5.26. The van der Waals surface area contributed by atoms with Crippen molar-refractivity contribution in [1.82, 2.24) is 10.6 Å². The SMILES string of the molecule is CCC(CNC(=O)OCC1c2ccccc2-c2ccccc21)C(=O)NC1(C(=O)O)CCC(C)CC1. The second-order valence-corrected chi connectivity index (χ2v) is 9.87. The number of alkyl carbamates (subject to hydrolysis) is 1. The molecule has 2 amide bonds. The van der Waals surface area contributed by atoms with E-state index in [9.17, 15) is 19.5 Å². The lowest BCUT2D eigenvalue weighted by atomic mass is 9.77. The standard InChI is InChI=1S/C28H34N2O5/c1-3-19(25(31)30-28(26(32)33)14-12-18(2)13-15-28)16-29-27(34)35-17-24-22-10-6-4-8-20(22)21-9-5-7-11-23(21)24/h4-11,18-19,24H,3,12-17H2,1-2H3,(H,29,34)(H,30,31)(H,32,33). The fraction of sp³-hybridized carbons (Fsp3) is 0.464. The summed E-state index contributed by atoms with van der Waals surface area (Å²) in [6, 6.07) is 16.3. The quantitative estimate of drug-likeness (QED) is 0.510. The minimum Gasteiger partial charge on any atom is -0.480 e. The predicted octanol–water partition coefficient (Wildman–Crippen LogP) is 4.70. The van der Waals surface area contributed by atoms with Crippen LogP contribution >= 0.6 is 0 Å². The highest BCUT2D eigenvalue weighted by Gasteiger charge is 2.43. The van der Waals surface area contributed by atoms with Crippen molar-refractivity contribution in [2.45, 2.75) is 57.4 Å². The molecule has 0 saturated heterocycles. The number of carboxylic acid groups (broad SMARTS) is 1. The minimum absolute atomic E-state index is 0.0393. The van der Waals surface area contributed by atoms with Crippen LogP contribution in [-0.2, 0) is 14.3 Å². The molecule has 2 aromatic carbocycles. The summed E-state index contributed by atoms with van der Waals surface area (Å²) in [6.07, 6.45) is 2.26. The summed E-state index contributed by atoms with van der Waals surface area (Å²) in [6.45, 7) is 4.23. The second kappa shape index (κ2) is 10.5. The zero-order valence-corrected chi connectivity index (χ0v) is 20.4. The lowest BCUT2D eigenvalue weighted by Gasteiger charge is -2.37. The Morgan fingerprint density at radius 1 is 1.03 bits per heavy atom. The van der Waals surface area contributed by atoms with Crippen LogP contribution in [0.5, 0.6) is 0 Å². The third-order valence-electron chi connectivity index (χ3n) is 7.60. The normalized spacial score (nSPS) is 21.9. The van der Waals surface area contributed by atoms with E-state index < -0.39 is 23.5 Å². The number of benzene rings is 2. The number of hydrogen-bond acceptors (Lipinski definition) is 4. The molecule has 0 bridgehead atoms. The molecule has 0 aliphatic heterocycles. The highest BCUT2D eigenvalue weighted by atomic mass is 16.5. The van der Waals surface area contributed by atoms with Gasteiger partial charge in [-0.1, -0.05) is 62.4 Å². The number of carboxylic acids is 1. The van der Waals surface area contributed by atoms with E-state index in [2.05, 4.69) is 41.8 Å². The molecule has 3 N–H and O–H groups in total. The first-order chi connectivity index (χ1) is 16.8. The van der Waals surface area contributed by atoms with E-state index in [0.29, 0.717) is 25.2 Å². The summed E-state index contributed by atoms with van der Waals surface area (Å²) in [5.74, 6) is -1.45. The number of nitrogens with one attached hydrogen (secondary N) is 2. The molecule has 0 heterocycles. The van der Waals surface area contributed by atoms with Crippen molar-refractivity contribution in [2.24, 2.45) is 11.8 Å². The summed E-state index contributed by atoms with van der Waals surface area (Å²) in [4.78, 5) is 37.4. The molecule has 2 aliphatic rings. The maximum absolute atomic E-state index is 12.9. The minimum atomic E-state index is -1.22. The highest BCUT2D eigenvalue weighted by molar-refractivity contribution is 5.88. The van der Waals surface area contributed by atoms with Crippen LogP contribution in [0.15, 0.2) is 48.5 Å². The van der Waals surface area contributed by atoms with Gasteiger partial charge in [0.15, 0.2) is 0 Å². The van der Waals surface area contributed by atoms with Crippen LogP contribution in [0.25, 0.3) is 11.1 Å². The van der Waals surface area contributed by atoms with Crippen molar-refractivity contribution in [1.29, 1.82) is 0 Å². The molecule has 4 rings (SSSR count). The number of rotatable bonds is 8. The number of carbonyl (C=O) groups is 3. The Bertz CT molecular complexity index is 1040. The van der Waals surface area contributed by atoms with Crippen LogP contribution in [0.3, 0.4) is 0 Å². The molecule has 0 spiro atoms. The summed E-state index contributed by atoms with van der Waals surface area (Å²) >= 11 is 0. The van der Waals surface area contributed by atoms with Gasteiger partial charge in [0.1, 0.15) is 12.1 Å². The second-order valence-electron chi connectivity index (χ2n) is 9.87. The zero-order valence-electron chi connectivity index (χ0n) is 20.4. The molecule has 2 aromatic rings. The van der Waals surface area contributed by atoms with Gasteiger partial charge in [0.25, 0.3) is 0 Å². The Hall–Kier alpha value is -3.35. The Balaban J connectivity index is 1.32. The molecule has 35 heavy (non-hydrogen) atoms. The molecule has 2 aliphatic carbocycles. The van der Waals surface area contributed by atoms with E-state index in [0.717, 1.165) is 35.1 Å².